The molecule has 0 aromatic carbocycles. The van der Waals surface area contributed by atoms with Crippen molar-refractivity contribution in [3.63, 3.8) is 0 Å². The van der Waals surface area contributed by atoms with E-state index in [1.807, 2.05) is 0 Å². The van der Waals surface area contributed by atoms with Crippen LogP contribution in [0.15, 0.2) is 0 Å². The van der Waals surface area contributed by atoms with Crippen molar-refractivity contribution < 1.29 is 4.74 Å². The van der Waals surface area contributed by atoms with Crippen molar-refractivity contribution in [2.24, 2.45) is 0 Å². The van der Waals surface area contributed by atoms with E-state index in [0.717, 1.165) is 13.0 Å². The van der Waals surface area contributed by atoms with Crippen LogP contribution in [0, 0.1) is 0 Å². The van der Waals surface area contributed by atoms with E-state index in [0.29, 0.717) is 6.04 Å². The molecule has 0 aromatic rings. The molecule has 0 rings (SSSR count). The first-order valence-electron chi connectivity index (χ1n) is 5.34. The third-order valence-electron chi connectivity index (χ3n) is 2.59. The van der Waals surface area contributed by atoms with Gasteiger partial charge in [-0.2, -0.15) is 0 Å². The van der Waals surface area contributed by atoms with Gasteiger partial charge in [0.15, 0.2) is 0 Å². The van der Waals surface area contributed by atoms with Crippen LogP contribution in [0.3, 0.4) is 0 Å². The van der Waals surface area contributed by atoms with Crippen LogP contribution in [-0.4, -0.2) is 24.3 Å². The Balaban J connectivity index is 3.91. The minimum absolute atomic E-state index is 0.00307. The summed E-state index contributed by atoms with van der Waals surface area (Å²) >= 11 is 0. The van der Waals surface area contributed by atoms with E-state index >= 15 is 0 Å². The maximum absolute atomic E-state index is 5.94. The number of ether oxygens (including phenoxy) is 1. The van der Waals surface area contributed by atoms with Gasteiger partial charge in [-0.25, -0.2) is 0 Å². The van der Waals surface area contributed by atoms with E-state index in [-0.39, 0.29) is 11.7 Å². The first-order chi connectivity index (χ1) is 5.93. The molecule has 0 saturated carbocycles. The zero-order chi connectivity index (χ0) is 10.5. The van der Waals surface area contributed by atoms with E-state index in [2.05, 4.69) is 46.9 Å². The molecule has 0 aromatic heterocycles. The highest BCUT2D eigenvalue weighted by Gasteiger charge is 2.21. The summed E-state index contributed by atoms with van der Waals surface area (Å²) in [5.41, 5.74) is 0.00307. The molecule has 0 aliphatic rings. The fourth-order valence-electron chi connectivity index (χ4n) is 1.18. The zero-order valence-electron chi connectivity index (χ0n) is 9.98. The van der Waals surface area contributed by atoms with Gasteiger partial charge in [-0.15, -0.1) is 0 Å². The SMILES string of the molecule is CCNC(C)C(C)OC(C)(C)CC. The van der Waals surface area contributed by atoms with Gasteiger partial charge in [0.25, 0.3) is 0 Å². The van der Waals surface area contributed by atoms with E-state index < -0.39 is 0 Å². The third kappa shape index (κ3) is 5.27. The molecular formula is C11H25NO. The summed E-state index contributed by atoms with van der Waals surface area (Å²) in [6.45, 7) is 13.9. The molecule has 0 radical (unpaired) electrons. The lowest BCUT2D eigenvalue weighted by atomic mass is 10.1. The fourth-order valence-corrected chi connectivity index (χ4v) is 1.18. The van der Waals surface area contributed by atoms with Crippen molar-refractivity contribution in [3.8, 4) is 0 Å². The predicted molar refractivity (Wildman–Crippen MR) is 58.1 cm³/mol. The monoisotopic (exact) mass is 187 g/mol. The average molecular weight is 187 g/mol. The molecule has 2 nitrogen and oxygen atoms in total. The maximum atomic E-state index is 5.94. The van der Waals surface area contributed by atoms with Crippen LogP contribution in [0.2, 0.25) is 0 Å². The van der Waals surface area contributed by atoms with Crippen LogP contribution in [0.4, 0.5) is 0 Å². The molecule has 0 fully saturated rings. The van der Waals surface area contributed by atoms with Crippen LogP contribution in [-0.2, 0) is 4.74 Å². The number of hydrogen-bond acceptors (Lipinski definition) is 2. The van der Waals surface area contributed by atoms with Crippen molar-refractivity contribution >= 4 is 0 Å². The zero-order valence-corrected chi connectivity index (χ0v) is 9.98. The van der Waals surface area contributed by atoms with E-state index in [1.54, 1.807) is 0 Å². The van der Waals surface area contributed by atoms with Crippen molar-refractivity contribution in [2.75, 3.05) is 6.54 Å². The minimum atomic E-state index is 0.00307. The summed E-state index contributed by atoms with van der Waals surface area (Å²) in [6, 6.07) is 0.427. The lowest BCUT2D eigenvalue weighted by Crippen LogP contribution is -2.41. The molecule has 80 valence electrons. The van der Waals surface area contributed by atoms with E-state index in [9.17, 15) is 0 Å². The third-order valence-corrected chi connectivity index (χ3v) is 2.59. The van der Waals surface area contributed by atoms with Crippen LogP contribution >= 0.6 is 0 Å². The van der Waals surface area contributed by atoms with Gasteiger partial charge in [0.2, 0.25) is 0 Å². The largest absolute Gasteiger partial charge is 0.371 e. The van der Waals surface area contributed by atoms with Crippen LogP contribution in [0.5, 0.6) is 0 Å². The smallest absolute Gasteiger partial charge is 0.0704 e. The van der Waals surface area contributed by atoms with Crippen molar-refractivity contribution in [1.29, 1.82) is 0 Å². The Labute approximate surface area is 83.1 Å². The summed E-state index contributed by atoms with van der Waals surface area (Å²) in [4.78, 5) is 0. The molecule has 0 aliphatic carbocycles. The summed E-state index contributed by atoms with van der Waals surface area (Å²) in [6.07, 6.45) is 1.32. The first-order valence-corrected chi connectivity index (χ1v) is 5.34. The second-order valence-electron chi connectivity index (χ2n) is 4.28. The van der Waals surface area contributed by atoms with Crippen molar-refractivity contribution in [2.45, 2.75) is 65.7 Å². The molecule has 1 N–H and O–H groups in total. The van der Waals surface area contributed by atoms with Gasteiger partial charge in [-0.3, -0.25) is 0 Å². The molecule has 13 heavy (non-hydrogen) atoms. The lowest BCUT2D eigenvalue weighted by Gasteiger charge is -2.31. The normalized spacial score (nSPS) is 17.1. The Kier molecular flexibility index (Phi) is 5.57. The van der Waals surface area contributed by atoms with E-state index in [1.165, 1.54) is 0 Å². The summed E-state index contributed by atoms with van der Waals surface area (Å²) in [7, 11) is 0. The molecule has 2 unspecified atom stereocenters. The highest BCUT2D eigenvalue weighted by atomic mass is 16.5. The second-order valence-corrected chi connectivity index (χ2v) is 4.28. The van der Waals surface area contributed by atoms with Crippen molar-refractivity contribution in [3.05, 3.63) is 0 Å². The van der Waals surface area contributed by atoms with Gasteiger partial charge in [0.1, 0.15) is 0 Å². The number of hydrogen-bond donors (Lipinski definition) is 1. The average Bonchev–Trinajstić information content (AvgIpc) is 2.04. The maximum Gasteiger partial charge on any atom is 0.0704 e. The van der Waals surface area contributed by atoms with Gasteiger partial charge in [-0.05, 0) is 40.7 Å². The molecule has 0 amide bonds. The molecule has 0 bridgehead atoms. The lowest BCUT2D eigenvalue weighted by molar-refractivity contribution is -0.0767. The quantitative estimate of drug-likeness (QED) is 0.690. The summed E-state index contributed by atoms with van der Waals surface area (Å²) in [5.74, 6) is 0. The van der Waals surface area contributed by atoms with Crippen LogP contribution < -0.4 is 5.32 Å². The Morgan fingerprint density at radius 2 is 1.77 bits per heavy atom. The molecule has 0 saturated heterocycles. The van der Waals surface area contributed by atoms with Crippen LogP contribution in [0.25, 0.3) is 0 Å². The topological polar surface area (TPSA) is 21.3 Å². The number of nitrogens with one attached hydrogen (secondary N) is 1. The first kappa shape index (κ1) is 12.9. The molecule has 0 aliphatic heterocycles. The number of rotatable bonds is 6. The number of likely N-dealkylation sites (N-methyl/N-ethyl adjacent to an activating group) is 1. The van der Waals surface area contributed by atoms with Gasteiger partial charge < -0.3 is 10.1 Å². The molecular weight excluding hydrogens is 162 g/mol. The fraction of sp³-hybridized carbons (Fsp3) is 1.00. The highest BCUT2D eigenvalue weighted by Crippen LogP contribution is 2.17. The second kappa shape index (κ2) is 5.61. The Morgan fingerprint density at radius 1 is 1.23 bits per heavy atom. The predicted octanol–water partition coefficient (Wildman–Crippen LogP) is 2.58. The molecule has 0 heterocycles. The Morgan fingerprint density at radius 3 is 2.15 bits per heavy atom. The summed E-state index contributed by atoms with van der Waals surface area (Å²) in [5, 5.41) is 3.37. The summed E-state index contributed by atoms with van der Waals surface area (Å²) < 4.78 is 5.94. The molecule has 0 spiro atoms. The van der Waals surface area contributed by atoms with Crippen molar-refractivity contribution in [1.82, 2.24) is 5.32 Å². The molecule has 2 heteroatoms. The van der Waals surface area contributed by atoms with Gasteiger partial charge in [0.05, 0.1) is 11.7 Å². The Hall–Kier alpha value is -0.0800. The van der Waals surface area contributed by atoms with Crippen LogP contribution in [0.1, 0.15) is 48.0 Å². The van der Waals surface area contributed by atoms with Gasteiger partial charge in [-0.1, -0.05) is 13.8 Å². The Bertz CT molecular complexity index is 134. The standard InChI is InChI=1S/C11H25NO/c1-7-11(5,6)13-10(4)9(3)12-8-2/h9-10,12H,7-8H2,1-6H3. The van der Waals surface area contributed by atoms with E-state index in [4.69, 9.17) is 4.74 Å². The van der Waals surface area contributed by atoms with Gasteiger partial charge >= 0.3 is 0 Å². The minimum Gasteiger partial charge on any atom is -0.371 e. The van der Waals surface area contributed by atoms with Gasteiger partial charge in [0, 0.05) is 6.04 Å². The molecule has 2 atom stereocenters. The highest BCUT2D eigenvalue weighted by molar-refractivity contribution is 4.73.